The molecule has 1 amide bonds. The van der Waals surface area contributed by atoms with E-state index in [9.17, 15) is 9.18 Å². The van der Waals surface area contributed by atoms with E-state index in [1.54, 1.807) is 36.4 Å². The molecule has 0 aliphatic carbocycles. The highest BCUT2D eigenvalue weighted by atomic mass is 35.5. The summed E-state index contributed by atoms with van der Waals surface area (Å²) in [6, 6.07) is 12.0. The summed E-state index contributed by atoms with van der Waals surface area (Å²) in [5.41, 5.74) is 0.707. The number of rotatable bonds is 5. The fourth-order valence-corrected chi connectivity index (χ4v) is 4.55. The highest BCUT2D eigenvalue weighted by molar-refractivity contribution is 6.31. The van der Waals surface area contributed by atoms with Gasteiger partial charge in [-0.25, -0.2) is 4.39 Å². The molecule has 6 heteroatoms. The second-order valence-corrected chi connectivity index (χ2v) is 7.81. The molecule has 0 bridgehead atoms. The summed E-state index contributed by atoms with van der Waals surface area (Å²) in [6.07, 6.45) is 1.52. The Morgan fingerprint density at radius 3 is 2.59 bits per heavy atom. The van der Waals surface area contributed by atoms with Crippen LogP contribution in [0.2, 0.25) is 10.0 Å². The monoisotopic (exact) mass is 408 g/mol. The van der Waals surface area contributed by atoms with Crippen LogP contribution in [-0.4, -0.2) is 18.0 Å². The van der Waals surface area contributed by atoms with E-state index in [1.165, 1.54) is 6.07 Å². The summed E-state index contributed by atoms with van der Waals surface area (Å²) in [6.45, 7) is 4.62. The van der Waals surface area contributed by atoms with E-state index >= 15 is 0 Å². The Morgan fingerprint density at radius 2 is 1.93 bits per heavy atom. The summed E-state index contributed by atoms with van der Waals surface area (Å²) in [5.74, 6) is -1.33. The predicted octanol–water partition coefficient (Wildman–Crippen LogP) is 5.63. The molecule has 144 valence electrons. The van der Waals surface area contributed by atoms with Gasteiger partial charge in [0.25, 0.3) is 0 Å². The molecule has 0 radical (unpaired) electrons. The Kier molecular flexibility index (Phi) is 6.09. The van der Waals surface area contributed by atoms with Crippen LogP contribution in [0.25, 0.3) is 0 Å². The molecule has 2 atom stereocenters. The Morgan fingerprint density at radius 1 is 1.22 bits per heavy atom. The van der Waals surface area contributed by atoms with E-state index in [1.807, 2.05) is 13.8 Å². The van der Waals surface area contributed by atoms with Crippen LogP contribution in [0.5, 0.6) is 0 Å². The molecule has 1 aliphatic heterocycles. The lowest BCUT2D eigenvalue weighted by atomic mass is 9.73. The van der Waals surface area contributed by atoms with Crippen molar-refractivity contribution in [1.29, 1.82) is 0 Å². The van der Waals surface area contributed by atoms with Crippen LogP contribution in [0.15, 0.2) is 42.5 Å². The third-order valence-electron chi connectivity index (χ3n) is 5.69. The molecule has 0 aromatic heterocycles. The minimum atomic E-state index is -0.450. The van der Waals surface area contributed by atoms with Gasteiger partial charge in [0.2, 0.25) is 5.91 Å². The normalized spacial score (nSPS) is 21.2. The SMILES string of the molecule is CCC1(CC)NCC(c2cccc(Cl)c2F)C1C(=O)Nc1cccc(Cl)c1. The first-order valence-electron chi connectivity index (χ1n) is 9.17. The van der Waals surface area contributed by atoms with Gasteiger partial charge in [0.15, 0.2) is 0 Å². The molecule has 0 saturated carbocycles. The van der Waals surface area contributed by atoms with Crippen LogP contribution in [0.3, 0.4) is 0 Å². The van der Waals surface area contributed by atoms with Crippen LogP contribution < -0.4 is 10.6 Å². The van der Waals surface area contributed by atoms with Crippen molar-refractivity contribution in [3.05, 3.63) is 63.9 Å². The van der Waals surface area contributed by atoms with E-state index in [-0.39, 0.29) is 16.8 Å². The van der Waals surface area contributed by atoms with Gasteiger partial charge in [0, 0.05) is 28.7 Å². The van der Waals surface area contributed by atoms with Crippen LogP contribution >= 0.6 is 23.2 Å². The maximum atomic E-state index is 14.7. The smallest absolute Gasteiger partial charge is 0.230 e. The number of halogens is 3. The van der Waals surface area contributed by atoms with E-state index < -0.39 is 17.3 Å². The number of hydrogen-bond donors (Lipinski definition) is 2. The fourth-order valence-electron chi connectivity index (χ4n) is 4.18. The highest BCUT2D eigenvalue weighted by Crippen LogP contribution is 2.44. The summed E-state index contributed by atoms with van der Waals surface area (Å²) < 4.78 is 14.7. The second kappa shape index (κ2) is 8.17. The van der Waals surface area contributed by atoms with E-state index in [2.05, 4.69) is 10.6 Å². The lowest BCUT2D eigenvalue weighted by molar-refractivity contribution is -0.122. The van der Waals surface area contributed by atoms with Crippen molar-refractivity contribution in [2.45, 2.75) is 38.1 Å². The average molecular weight is 409 g/mol. The molecule has 1 heterocycles. The van der Waals surface area contributed by atoms with Gasteiger partial charge >= 0.3 is 0 Å². The van der Waals surface area contributed by atoms with Gasteiger partial charge in [-0.05, 0) is 42.7 Å². The Hall–Kier alpha value is -1.62. The van der Waals surface area contributed by atoms with Gasteiger partial charge in [0.1, 0.15) is 5.82 Å². The Balaban J connectivity index is 1.99. The van der Waals surface area contributed by atoms with E-state index in [0.29, 0.717) is 22.8 Å². The van der Waals surface area contributed by atoms with Crippen molar-refractivity contribution in [3.63, 3.8) is 0 Å². The molecule has 2 aromatic carbocycles. The van der Waals surface area contributed by atoms with E-state index in [4.69, 9.17) is 23.2 Å². The first-order valence-corrected chi connectivity index (χ1v) is 9.92. The second-order valence-electron chi connectivity index (χ2n) is 6.97. The van der Waals surface area contributed by atoms with Crippen molar-refractivity contribution < 1.29 is 9.18 Å². The molecular formula is C21H23Cl2FN2O. The van der Waals surface area contributed by atoms with Crippen molar-refractivity contribution in [1.82, 2.24) is 5.32 Å². The predicted molar refractivity (Wildman–Crippen MR) is 109 cm³/mol. The quantitative estimate of drug-likeness (QED) is 0.672. The zero-order valence-electron chi connectivity index (χ0n) is 15.4. The van der Waals surface area contributed by atoms with Gasteiger partial charge in [-0.3, -0.25) is 4.79 Å². The Bertz CT molecular complexity index is 839. The maximum Gasteiger partial charge on any atom is 0.230 e. The summed E-state index contributed by atoms with van der Waals surface area (Å²) >= 11 is 12.0. The lowest BCUT2D eigenvalue weighted by Gasteiger charge is -2.35. The van der Waals surface area contributed by atoms with Gasteiger partial charge in [-0.15, -0.1) is 0 Å². The minimum absolute atomic E-state index is 0.0759. The van der Waals surface area contributed by atoms with Crippen molar-refractivity contribution >= 4 is 34.8 Å². The number of carbonyl (C=O) groups is 1. The number of hydrogen-bond acceptors (Lipinski definition) is 2. The van der Waals surface area contributed by atoms with Gasteiger partial charge in [0.05, 0.1) is 10.9 Å². The third kappa shape index (κ3) is 3.84. The average Bonchev–Trinajstić information content (AvgIpc) is 3.04. The zero-order chi connectivity index (χ0) is 19.6. The van der Waals surface area contributed by atoms with Crippen LogP contribution in [0.4, 0.5) is 10.1 Å². The maximum absolute atomic E-state index is 14.7. The van der Waals surface area contributed by atoms with Crippen LogP contribution in [0, 0.1) is 11.7 Å². The molecule has 3 rings (SSSR count). The van der Waals surface area contributed by atoms with Crippen LogP contribution in [-0.2, 0) is 4.79 Å². The first-order chi connectivity index (χ1) is 12.9. The summed E-state index contributed by atoms with van der Waals surface area (Å²) in [7, 11) is 0. The highest BCUT2D eigenvalue weighted by Gasteiger charge is 2.51. The lowest BCUT2D eigenvalue weighted by Crippen LogP contribution is -2.48. The standard InChI is InChI=1S/C21H23Cl2FN2O/c1-3-21(4-2)18(20(27)26-14-8-5-7-13(22)11-14)16(12-25-21)15-9-6-10-17(23)19(15)24/h5-11,16,18,25H,3-4,12H2,1-2H3,(H,26,27). The molecule has 1 saturated heterocycles. The van der Waals surface area contributed by atoms with Crippen molar-refractivity contribution in [2.24, 2.45) is 5.92 Å². The third-order valence-corrected chi connectivity index (χ3v) is 6.22. The zero-order valence-corrected chi connectivity index (χ0v) is 16.9. The first kappa shape index (κ1) is 20.1. The number of benzene rings is 2. The van der Waals surface area contributed by atoms with Crippen molar-refractivity contribution in [2.75, 3.05) is 11.9 Å². The number of amides is 1. The van der Waals surface area contributed by atoms with Gasteiger partial charge in [-0.2, -0.15) is 0 Å². The number of carbonyl (C=O) groups excluding carboxylic acids is 1. The van der Waals surface area contributed by atoms with Crippen LogP contribution in [0.1, 0.15) is 38.2 Å². The number of nitrogens with one attached hydrogen (secondary N) is 2. The summed E-state index contributed by atoms with van der Waals surface area (Å²) in [5, 5.41) is 7.08. The van der Waals surface area contributed by atoms with E-state index in [0.717, 1.165) is 12.8 Å². The minimum Gasteiger partial charge on any atom is -0.326 e. The Labute approximate surface area is 169 Å². The largest absolute Gasteiger partial charge is 0.326 e. The molecule has 1 fully saturated rings. The molecule has 3 nitrogen and oxygen atoms in total. The fraction of sp³-hybridized carbons (Fsp3) is 0.381. The molecular weight excluding hydrogens is 386 g/mol. The topological polar surface area (TPSA) is 41.1 Å². The van der Waals surface area contributed by atoms with Gasteiger partial charge in [-0.1, -0.05) is 55.2 Å². The number of anilines is 1. The molecule has 27 heavy (non-hydrogen) atoms. The molecule has 1 aliphatic rings. The van der Waals surface area contributed by atoms with Crippen molar-refractivity contribution in [3.8, 4) is 0 Å². The van der Waals surface area contributed by atoms with Gasteiger partial charge < -0.3 is 10.6 Å². The molecule has 2 unspecified atom stereocenters. The molecule has 2 N–H and O–H groups in total. The molecule has 2 aromatic rings. The summed E-state index contributed by atoms with van der Waals surface area (Å²) in [4.78, 5) is 13.3. The molecule has 0 spiro atoms.